The number of aryl methyl sites for hydroxylation is 1. The number of rotatable bonds is 4. The summed E-state index contributed by atoms with van der Waals surface area (Å²) in [5.41, 5.74) is 2.53. The molecular formula is C19H18N4O3S. The molecule has 1 aliphatic heterocycles. The largest absolute Gasteiger partial charge is 0.350 e. The summed E-state index contributed by atoms with van der Waals surface area (Å²) in [6.07, 6.45) is 1.47. The number of pyridine rings is 1. The van der Waals surface area contributed by atoms with E-state index in [4.69, 9.17) is 4.52 Å². The number of hydrogen-bond donors (Lipinski definition) is 1. The molecule has 1 saturated heterocycles. The zero-order chi connectivity index (χ0) is 18.8. The van der Waals surface area contributed by atoms with Crippen LogP contribution in [0.2, 0.25) is 0 Å². The summed E-state index contributed by atoms with van der Waals surface area (Å²) in [5, 5.41) is 7.49. The highest BCUT2D eigenvalue weighted by Gasteiger charge is 2.35. The van der Waals surface area contributed by atoms with Gasteiger partial charge < -0.3 is 14.7 Å². The molecule has 0 aliphatic carbocycles. The maximum atomic E-state index is 13.0. The Morgan fingerprint density at radius 1 is 1.33 bits per heavy atom. The summed E-state index contributed by atoms with van der Waals surface area (Å²) >= 11 is 1.56. The summed E-state index contributed by atoms with van der Waals surface area (Å²) in [6, 6.07) is 10.9. The van der Waals surface area contributed by atoms with Gasteiger partial charge in [-0.05, 0) is 18.6 Å². The number of thioether (sulfide) groups is 1. The van der Waals surface area contributed by atoms with Crippen molar-refractivity contribution in [1.82, 2.24) is 20.4 Å². The van der Waals surface area contributed by atoms with E-state index in [1.807, 2.05) is 30.3 Å². The van der Waals surface area contributed by atoms with Crippen LogP contribution < -0.4 is 5.32 Å². The second-order valence-electron chi connectivity index (χ2n) is 6.34. The number of hydrogen-bond acceptors (Lipinski definition) is 6. The number of nitrogens with one attached hydrogen (secondary N) is 1. The molecule has 4 rings (SSSR count). The fraction of sp³-hybridized carbons (Fsp3) is 0.263. The van der Waals surface area contributed by atoms with Gasteiger partial charge >= 0.3 is 0 Å². The molecule has 0 spiro atoms. The van der Waals surface area contributed by atoms with Crippen LogP contribution in [0.25, 0.3) is 11.1 Å². The highest BCUT2D eigenvalue weighted by molar-refractivity contribution is 7.99. The Labute approximate surface area is 160 Å². The minimum Gasteiger partial charge on any atom is -0.350 e. The fourth-order valence-electron chi connectivity index (χ4n) is 2.99. The highest BCUT2D eigenvalue weighted by atomic mass is 32.2. The summed E-state index contributed by atoms with van der Waals surface area (Å²) in [7, 11) is 0. The fourth-order valence-corrected chi connectivity index (χ4v) is 4.14. The summed E-state index contributed by atoms with van der Waals surface area (Å²) in [6.45, 7) is 2.24. The van der Waals surface area contributed by atoms with E-state index in [1.165, 1.54) is 6.20 Å². The van der Waals surface area contributed by atoms with Crippen LogP contribution in [0.1, 0.15) is 21.6 Å². The minimum atomic E-state index is -0.495. The average Bonchev–Trinajstić information content (AvgIpc) is 3.33. The molecule has 1 N–H and O–H groups in total. The second-order valence-corrected chi connectivity index (χ2v) is 7.34. The molecule has 0 saturated carbocycles. The number of carbonyl (C=O) groups is 2. The predicted octanol–water partition coefficient (Wildman–Crippen LogP) is 2.36. The molecule has 2 amide bonds. The van der Waals surface area contributed by atoms with Gasteiger partial charge in [0, 0.05) is 18.5 Å². The number of benzene rings is 1. The average molecular weight is 382 g/mol. The van der Waals surface area contributed by atoms with Gasteiger partial charge in [0.05, 0.1) is 22.5 Å². The Morgan fingerprint density at radius 3 is 2.96 bits per heavy atom. The zero-order valence-electron chi connectivity index (χ0n) is 14.7. The lowest BCUT2D eigenvalue weighted by Crippen LogP contribution is -2.47. The third kappa shape index (κ3) is 3.52. The van der Waals surface area contributed by atoms with E-state index in [2.05, 4.69) is 15.5 Å². The lowest BCUT2D eigenvalue weighted by atomic mass is 10.1. The van der Waals surface area contributed by atoms with Crippen molar-refractivity contribution >= 4 is 34.7 Å². The molecule has 3 aromatic rings. The number of carbonyl (C=O) groups excluding carboxylic acids is 2. The minimum absolute atomic E-state index is 0.146. The quantitative estimate of drug-likeness (QED) is 0.745. The van der Waals surface area contributed by atoms with E-state index in [0.29, 0.717) is 40.5 Å². The van der Waals surface area contributed by atoms with Crippen molar-refractivity contribution in [3.8, 4) is 0 Å². The molecule has 1 atom stereocenters. The molecule has 0 radical (unpaired) electrons. The zero-order valence-corrected chi connectivity index (χ0v) is 15.5. The highest BCUT2D eigenvalue weighted by Crippen LogP contribution is 2.25. The van der Waals surface area contributed by atoms with Crippen LogP contribution in [-0.2, 0) is 11.3 Å². The Hall–Kier alpha value is -2.87. The van der Waals surface area contributed by atoms with Crippen LogP contribution in [0.3, 0.4) is 0 Å². The van der Waals surface area contributed by atoms with Crippen LogP contribution >= 0.6 is 11.8 Å². The van der Waals surface area contributed by atoms with Gasteiger partial charge in [-0.2, -0.15) is 0 Å². The molecule has 1 fully saturated rings. The molecule has 1 aliphatic rings. The van der Waals surface area contributed by atoms with E-state index in [0.717, 1.165) is 5.56 Å². The second kappa shape index (κ2) is 7.40. The maximum absolute atomic E-state index is 13.0. The molecule has 138 valence electrons. The molecule has 7 nitrogen and oxygen atoms in total. The summed E-state index contributed by atoms with van der Waals surface area (Å²) in [4.78, 5) is 31.3. The third-order valence-corrected chi connectivity index (χ3v) is 5.52. The summed E-state index contributed by atoms with van der Waals surface area (Å²) < 4.78 is 5.09. The Balaban J connectivity index is 1.48. The molecule has 0 unspecified atom stereocenters. The first kappa shape index (κ1) is 17.5. The molecule has 27 heavy (non-hydrogen) atoms. The molecular weight excluding hydrogens is 364 g/mol. The maximum Gasteiger partial charge on any atom is 0.257 e. The lowest BCUT2D eigenvalue weighted by molar-refractivity contribution is -0.124. The van der Waals surface area contributed by atoms with Gasteiger partial charge in [0.15, 0.2) is 0 Å². The van der Waals surface area contributed by atoms with Crippen molar-refractivity contribution in [1.29, 1.82) is 0 Å². The standard InChI is InChI=1S/C19H18N4O3S/c1-12-15-7-14(9-21-18(15)26-22-12)19(25)23-11-27-10-16(23)17(24)20-8-13-5-3-2-4-6-13/h2-7,9,16H,8,10-11H2,1H3,(H,20,24)/t16-/m1/s1. The third-order valence-electron chi connectivity index (χ3n) is 4.51. The van der Waals surface area contributed by atoms with Crippen molar-refractivity contribution in [2.75, 3.05) is 11.6 Å². The van der Waals surface area contributed by atoms with Crippen molar-refractivity contribution in [3.63, 3.8) is 0 Å². The van der Waals surface area contributed by atoms with E-state index >= 15 is 0 Å². The number of fused-ring (bicyclic) bond motifs is 1. The molecule has 8 heteroatoms. The van der Waals surface area contributed by atoms with Crippen molar-refractivity contribution in [3.05, 3.63) is 59.4 Å². The van der Waals surface area contributed by atoms with Crippen molar-refractivity contribution in [2.45, 2.75) is 19.5 Å². The van der Waals surface area contributed by atoms with Crippen LogP contribution in [0.15, 0.2) is 47.1 Å². The van der Waals surface area contributed by atoms with Gasteiger partial charge in [0.2, 0.25) is 5.91 Å². The molecule has 0 bridgehead atoms. The number of nitrogens with zero attached hydrogens (tertiary/aromatic N) is 3. The molecule has 3 heterocycles. The van der Waals surface area contributed by atoms with Crippen molar-refractivity contribution in [2.24, 2.45) is 0 Å². The predicted molar refractivity (Wildman–Crippen MR) is 102 cm³/mol. The van der Waals surface area contributed by atoms with Crippen LogP contribution in [-0.4, -0.2) is 44.5 Å². The SMILES string of the molecule is Cc1noc2ncc(C(=O)N3CSC[C@@H]3C(=O)NCc3ccccc3)cc12. The van der Waals surface area contributed by atoms with E-state index < -0.39 is 6.04 Å². The van der Waals surface area contributed by atoms with Crippen LogP contribution in [0.5, 0.6) is 0 Å². The molecule has 2 aromatic heterocycles. The van der Waals surface area contributed by atoms with Gasteiger partial charge in [-0.15, -0.1) is 11.8 Å². The van der Waals surface area contributed by atoms with E-state index in [-0.39, 0.29) is 11.8 Å². The van der Waals surface area contributed by atoms with Crippen LogP contribution in [0, 0.1) is 6.92 Å². The van der Waals surface area contributed by atoms with Gasteiger partial charge in [0.25, 0.3) is 11.6 Å². The monoisotopic (exact) mass is 382 g/mol. The Morgan fingerprint density at radius 2 is 2.15 bits per heavy atom. The van der Waals surface area contributed by atoms with Gasteiger partial charge in [-0.3, -0.25) is 9.59 Å². The Bertz CT molecular complexity index is 989. The molecule has 1 aromatic carbocycles. The first-order valence-electron chi connectivity index (χ1n) is 8.56. The normalized spacial score (nSPS) is 16.6. The Kier molecular flexibility index (Phi) is 4.81. The van der Waals surface area contributed by atoms with Gasteiger partial charge in [-0.25, -0.2) is 4.98 Å². The lowest BCUT2D eigenvalue weighted by Gasteiger charge is -2.23. The number of amides is 2. The first-order chi connectivity index (χ1) is 13.1. The van der Waals surface area contributed by atoms with Crippen molar-refractivity contribution < 1.29 is 14.1 Å². The van der Waals surface area contributed by atoms with Gasteiger partial charge in [0.1, 0.15) is 6.04 Å². The summed E-state index contributed by atoms with van der Waals surface area (Å²) in [5.74, 6) is 0.694. The number of aromatic nitrogens is 2. The topological polar surface area (TPSA) is 88.3 Å². The first-order valence-corrected chi connectivity index (χ1v) is 9.71. The van der Waals surface area contributed by atoms with Crippen LogP contribution in [0.4, 0.5) is 0 Å². The van der Waals surface area contributed by atoms with Gasteiger partial charge in [-0.1, -0.05) is 35.5 Å². The smallest absolute Gasteiger partial charge is 0.257 e. The van der Waals surface area contributed by atoms with E-state index in [1.54, 1.807) is 29.7 Å². The van der Waals surface area contributed by atoms with E-state index in [9.17, 15) is 9.59 Å².